The molecule has 3 rings (SSSR count). The normalized spacial score (nSPS) is 12.2. The molecule has 0 saturated heterocycles. The molecule has 0 aliphatic rings. The monoisotopic (exact) mass is 347 g/mol. The van der Waals surface area contributed by atoms with E-state index in [4.69, 9.17) is 0 Å². The third-order valence-electron chi connectivity index (χ3n) is 3.31. The Hall–Kier alpha value is -3.30. The summed E-state index contributed by atoms with van der Waals surface area (Å²) in [7, 11) is 0. The number of hydrogen-bond donors (Lipinski definition) is 1. The van der Waals surface area contributed by atoms with Crippen molar-refractivity contribution in [2.45, 2.75) is 13.1 Å². The van der Waals surface area contributed by atoms with Crippen molar-refractivity contribution in [3.63, 3.8) is 0 Å². The minimum Gasteiger partial charge on any atom is -0.261 e. The minimum atomic E-state index is -4.42. The van der Waals surface area contributed by atoms with Crippen LogP contribution >= 0.6 is 0 Å². The van der Waals surface area contributed by atoms with E-state index in [1.807, 2.05) is 24.3 Å². The number of hydrazone groups is 1. The first-order chi connectivity index (χ1) is 11.9. The standard InChI is InChI=1S/C15H12F3N7/c1-10(11-3-2-4-13(7-11)25-9-20-23-24-25)21-22-14-6-5-12(8-19-14)15(16,17)18/h2-9H,1H3,(H,19,22)/b21-10-. The van der Waals surface area contributed by atoms with Crippen LogP contribution in [0.25, 0.3) is 5.69 Å². The van der Waals surface area contributed by atoms with Crippen LogP contribution in [0.1, 0.15) is 18.1 Å². The molecule has 10 heteroatoms. The second kappa shape index (κ2) is 6.67. The van der Waals surface area contributed by atoms with Gasteiger partial charge in [0.05, 0.1) is 17.0 Å². The summed E-state index contributed by atoms with van der Waals surface area (Å²) in [4.78, 5) is 3.70. The zero-order chi connectivity index (χ0) is 17.9. The average Bonchev–Trinajstić information content (AvgIpc) is 3.14. The molecule has 0 aliphatic heterocycles. The van der Waals surface area contributed by atoms with E-state index in [0.29, 0.717) is 5.71 Å². The van der Waals surface area contributed by atoms with Crippen LogP contribution in [0.3, 0.4) is 0 Å². The zero-order valence-corrected chi connectivity index (χ0v) is 12.9. The topological polar surface area (TPSA) is 80.9 Å². The molecular formula is C15H12F3N7. The molecule has 25 heavy (non-hydrogen) atoms. The maximum atomic E-state index is 12.5. The van der Waals surface area contributed by atoms with Crippen LogP contribution in [0, 0.1) is 0 Å². The lowest BCUT2D eigenvalue weighted by molar-refractivity contribution is -0.137. The third kappa shape index (κ3) is 3.97. The molecule has 0 aliphatic carbocycles. The van der Waals surface area contributed by atoms with Gasteiger partial charge in [-0.25, -0.2) is 9.67 Å². The Balaban J connectivity index is 1.75. The number of alkyl halides is 3. The van der Waals surface area contributed by atoms with Crippen molar-refractivity contribution in [3.05, 3.63) is 60.0 Å². The van der Waals surface area contributed by atoms with Crippen molar-refractivity contribution >= 4 is 11.5 Å². The first kappa shape index (κ1) is 16.6. The Kier molecular flexibility index (Phi) is 4.42. The van der Waals surface area contributed by atoms with E-state index in [-0.39, 0.29) is 5.82 Å². The van der Waals surface area contributed by atoms with Gasteiger partial charge in [-0.05, 0) is 47.2 Å². The van der Waals surface area contributed by atoms with Gasteiger partial charge in [0.15, 0.2) is 0 Å². The SMILES string of the molecule is C/C(=N/Nc1ccc(C(F)(F)F)cn1)c1cccc(-n2cnnn2)c1. The summed E-state index contributed by atoms with van der Waals surface area (Å²) in [5.41, 5.74) is 4.00. The first-order valence-corrected chi connectivity index (χ1v) is 7.11. The zero-order valence-electron chi connectivity index (χ0n) is 12.9. The summed E-state index contributed by atoms with van der Waals surface area (Å²) in [5.74, 6) is 0.212. The Bertz CT molecular complexity index is 871. The van der Waals surface area contributed by atoms with Crippen LogP contribution in [0.5, 0.6) is 0 Å². The van der Waals surface area contributed by atoms with Crippen molar-refractivity contribution in [1.29, 1.82) is 0 Å². The lowest BCUT2D eigenvalue weighted by atomic mass is 10.1. The van der Waals surface area contributed by atoms with E-state index >= 15 is 0 Å². The Morgan fingerprint density at radius 1 is 1.20 bits per heavy atom. The van der Waals surface area contributed by atoms with Gasteiger partial charge in [-0.3, -0.25) is 5.43 Å². The van der Waals surface area contributed by atoms with Gasteiger partial charge in [-0.2, -0.15) is 18.3 Å². The number of nitrogens with one attached hydrogen (secondary N) is 1. The second-order valence-corrected chi connectivity index (χ2v) is 5.04. The first-order valence-electron chi connectivity index (χ1n) is 7.11. The molecular weight excluding hydrogens is 335 g/mol. The molecule has 0 atom stereocenters. The van der Waals surface area contributed by atoms with Crippen LogP contribution in [0.2, 0.25) is 0 Å². The van der Waals surface area contributed by atoms with Crippen LogP contribution < -0.4 is 5.43 Å². The highest BCUT2D eigenvalue weighted by Gasteiger charge is 2.30. The predicted octanol–water partition coefficient (Wildman–Crippen LogP) is 2.91. The van der Waals surface area contributed by atoms with E-state index in [2.05, 4.69) is 31.0 Å². The summed E-state index contributed by atoms with van der Waals surface area (Å²) in [6.45, 7) is 1.76. The largest absolute Gasteiger partial charge is 0.417 e. The maximum absolute atomic E-state index is 12.5. The van der Waals surface area contributed by atoms with Crippen molar-refractivity contribution < 1.29 is 13.2 Å². The van der Waals surface area contributed by atoms with E-state index in [0.717, 1.165) is 23.5 Å². The van der Waals surface area contributed by atoms with Gasteiger partial charge in [0.1, 0.15) is 12.1 Å². The number of tetrazole rings is 1. The second-order valence-electron chi connectivity index (χ2n) is 5.04. The van der Waals surface area contributed by atoms with Crippen molar-refractivity contribution in [3.8, 4) is 5.69 Å². The highest BCUT2D eigenvalue weighted by Crippen LogP contribution is 2.28. The molecule has 3 aromatic rings. The van der Waals surface area contributed by atoms with Gasteiger partial charge in [-0.1, -0.05) is 12.1 Å². The van der Waals surface area contributed by atoms with E-state index in [1.54, 1.807) is 6.92 Å². The number of benzene rings is 1. The van der Waals surface area contributed by atoms with Gasteiger partial charge in [0, 0.05) is 6.20 Å². The van der Waals surface area contributed by atoms with Gasteiger partial charge in [0.25, 0.3) is 0 Å². The van der Waals surface area contributed by atoms with Crippen molar-refractivity contribution in [2.24, 2.45) is 5.10 Å². The lowest BCUT2D eigenvalue weighted by Crippen LogP contribution is -2.06. The average molecular weight is 347 g/mol. The molecule has 0 amide bonds. The van der Waals surface area contributed by atoms with E-state index in [9.17, 15) is 13.2 Å². The maximum Gasteiger partial charge on any atom is 0.417 e. The molecule has 0 unspecified atom stereocenters. The van der Waals surface area contributed by atoms with Crippen LogP contribution in [0.15, 0.2) is 54.0 Å². The minimum absolute atomic E-state index is 0.212. The molecule has 0 fully saturated rings. The number of hydrogen-bond acceptors (Lipinski definition) is 6. The van der Waals surface area contributed by atoms with Gasteiger partial charge in [-0.15, -0.1) is 5.10 Å². The van der Waals surface area contributed by atoms with Crippen LogP contribution in [-0.2, 0) is 6.18 Å². The molecule has 1 N–H and O–H groups in total. The molecule has 7 nitrogen and oxygen atoms in total. The highest BCUT2D eigenvalue weighted by atomic mass is 19.4. The molecule has 0 spiro atoms. The number of nitrogens with zero attached hydrogens (tertiary/aromatic N) is 6. The summed E-state index contributed by atoms with van der Waals surface area (Å²) in [6.07, 6.45) is -2.19. The Morgan fingerprint density at radius 2 is 2.04 bits per heavy atom. The third-order valence-corrected chi connectivity index (χ3v) is 3.31. The predicted molar refractivity (Wildman–Crippen MR) is 84.2 cm³/mol. The smallest absolute Gasteiger partial charge is 0.261 e. The molecule has 0 bridgehead atoms. The summed E-state index contributed by atoms with van der Waals surface area (Å²) >= 11 is 0. The molecule has 128 valence electrons. The van der Waals surface area contributed by atoms with E-state index < -0.39 is 11.7 Å². The molecule has 0 saturated carbocycles. The Labute approximate surface area is 140 Å². The number of aromatic nitrogens is 5. The fourth-order valence-electron chi connectivity index (χ4n) is 1.99. The quantitative estimate of drug-likeness (QED) is 0.580. The van der Waals surface area contributed by atoms with Gasteiger partial charge < -0.3 is 0 Å². The van der Waals surface area contributed by atoms with Gasteiger partial charge in [0.2, 0.25) is 0 Å². The number of rotatable bonds is 4. The number of halogens is 3. The lowest BCUT2D eigenvalue weighted by Gasteiger charge is -2.07. The fourth-order valence-corrected chi connectivity index (χ4v) is 1.99. The highest BCUT2D eigenvalue weighted by molar-refractivity contribution is 5.99. The van der Waals surface area contributed by atoms with Crippen molar-refractivity contribution in [1.82, 2.24) is 25.2 Å². The molecule has 0 radical (unpaired) electrons. The Morgan fingerprint density at radius 3 is 2.68 bits per heavy atom. The van der Waals surface area contributed by atoms with E-state index in [1.165, 1.54) is 17.1 Å². The fraction of sp³-hybridized carbons (Fsp3) is 0.133. The summed E-state index contributed by atoms with van der Waals surface area (Å²) < 4.78 is 39.0. The summed E-state index contributed by atoms with van der Waals surface area (Å²) in [5, 5.41) is 15.1. The summed E-state index contributed by atoms with van der Waals surface area (Å²) in [6, 6.07) is 9.49. The van der Waals surface area contributed by atoms with Crippen molar-refractivity contribution in [2.75, 3.05) is 5.43 Å². The number of pyridine rings is 1. The van der Waals surface area contributed by atoms with Crippen LogP contribution in [0.4, 0.5) is 19.0 Å². The molecule has 2 heterocycles. The molecule has 1 aromatic carbocycles. The molecule has 2 aromatic heterocycles. The number of anilines is 1. The van der Waals surface area contributed by atoms with Gasteiger partial charge >= 0.3 is 6.18 Å². The van der Waals surface area contributed by atoms with Crippen LogP contribution in [-0.4, -0.2) is 30.9 Å².